The molecule has 6 nitrogen and oxygen atoms in total. The van der Waals surface area contributed by atoms with E-state index >= 15 is 0 Å². The van der Waals surface area contributed by atoms with Gasteiger partial charge in [0.2, 0.25) is 11.7 Å². The first kappa shape index (κ1) is 17.9. The first-order valence-electron chi connectivity index (χ1n) is 8.13. The number of rotatable bonds is 8. The fraction of sp³-hybridized carbons (Fsp3) is 0.263. The lowest BCUT2D eigenvalue weighted by molar-refractivity contribution is 0.256. The zero-order valence-electron chi connectivity index (χ0n) is 14.7. The summed E-state index contributed by atoms with van der Waals surface area (Å²) in [5, 5.41) is 3.92. The topological polar surface area (TPSA) is 60.6 Å². The van der Waals surface area contributed by atoms with E-state index in [1.165, 1.54) is 12.1 Å². The van der Waals surface area contributed by atoms with Crippen LogP contribution in [0.1, 0.15) is 17.3 Å². The number of aromatic nitrogens is 2. The molecular weight excluding hydrogens is 337 g/mol. The highest BCUT2D eigenvalue weighted by molar-refractivity contribution is 5.31. The zero-order chi connectivity index (χ0) is 18.4. The number of ether oxygens (including phenoxy) is 2. The highest BCUT2D eigenvalue weighted by Gasteiger charge is 2.10. The summed E-state index contributed by atoms with van der Waals surface area (Å²) in [5.41, 5.74) is 1.01. The summed E-state index contributed by atoms with van der Waals surface area (Å²) >= 11 is 0. The predicted octanol–water partition coefficient (Wildman–Crippen LogP) is 3.43. The van der Waals surface area contributed by atoms with Gasteiger partial charge in [-0.05, 0) is 49.0 Å². The van der Waals surface area contributed by atoms with E-state index in [1.807, 2.05) is 36.2 Å². The molecule has 0 N–H and O–H groups in total. The van der Waals surface area contributed by atoms with Crippen molar-refractivity contribution in [1.29, 1.82) is 0 Å². The number of hydrogen-bond acceptors (Lipinski definition) is 6. The van der Waals surface area contributed by atoms with Crippen LogP contribution in [-0.4, -0.2) is 29.2 Å². The molecule has 136 valence electrons. The van der Waals surface area contributed by atoms with Crippen molar-refractivity contribution < 1.29 is 18.4 Å². The molecule has 0 unspecified atom stereocenters. The van der Waals surface area contributed by atoms with E-state index in [2.05, 4.69) is 10.1 Å². The minimum atomic E-state index is -0.241. The first-order chi connectivity index (χ1) is 12.6. The van der Waals surface area contributed by atoms with E-state index in [-0.39, 0.29) is 12.4 Å². The summed E-state index contributed by atoms with van der Waals surface area (Å²) in [5.74, 6) is 2.21. The molecule has 0 spiro atoms. The normalized spacial score (nSPS) is 10.9. The monoisotopic (exact) mass is 357 g/mol. The molecule has 0 saturated heterocycles. The van der Waals surface area contributed by atoms with E-state index in [0.29, 0.717) is 30.6 Å². The van der Waals surface area contributed by atoms with Crippen molar-refractivity contribution in [2.45, 2.75) is 19.7 Å². The van der Waals surface area contributed by atoms with Gasteiger partial charge in [-0.2, -0.15) is 4.98 Å². The SMILES string of the molecule is COc1ccc(OCc2noc(CN(C)Cc3ccc(F)cc3)n2)cc1. The van der Waals surface area contributed by atoms with Crippen LogP contribution >= 0.6 is 0 Å². The molecule has 0 aliphatic heterocycles. The lowest BCUT2D eigenvalue weighted by atomic mass is 10.2. The van der Waals surface area contributed by atoms with Gasteiger partial charge in [0.05, 0.1) is 13.7 Å². The molecule has 0 amide bonds. The van der Waals surface area contributed by atoms with Gasteiger partial charge in [0.15, 0.2) is 6.61 Å². The molecule has 3 aromatic rings. The Balaban J connectivity index is 1.49. The maximum Gasteiger partial charge on any atom is 0.240 e. The molecule has 0 fully saturated rings. The lowest BCUT2D eigenvalue weighted by Gasteiger charge is -2.13. The van der Waals surface area contributed by atoms with Crippen LogP contribution in [0, 0.1) is 5.82 Å². The molecule has 2 aromatic carbocycles. The third kappa shape index (κ3) is 5.03. The fourth-order valence-corrected chi connectivity index (χ4v) is 2.42. The first-order valence-corrected chi connectivity index (χ1v) is 8.13. The third-order valence-corrected chi connectivity index (χ3v) is 3.71. The molecule has 0 atom stereocenters. The highest BCUT2D eigenvalue weighted by atomic mass is 19.1. The van der Waals surface area contributed by atoms with Crippen molar-refractivity contribution >= 4 is 0 Å². The van der Waals surface area contributed by atoms with Crippen molar-refractivity contribution in [3.8, 4) is 11.5 Å². The van der Waals surface area contributed by atoms with Crippen LogP contribution in [0.2, 0.25) is 0 Å². The van der Waals surface area contributed by atoms with Crippen LogP contribution in [0.5, 0.6) is 11.5 Å². The second-order valence-corrected chi connectivity index (χ2v) is 5.87. The van der Waals surface area contributed by atoms with Crippen LogP contribution in [0.4, 0.5) is 4.39 Å². The Bertz CT molecular complexity index is 819. The van der Waals surface area contributed by atoms with Crippen molar-refractivity contribution in [3.63, 3.8) is 0 Å². The fourth-order valence-electron chi connectivity index (χ4n) is 2.42. The van der Waals surface area contributed by atoms with Gasteiger partial charge in [0.25, 0.3) is 0 Å². The largest absolute Gasteiger partial charge is 0.497 e. The van der Waals surface area contributed by atoms with Crippen LogP contribution < -0.4 is 9.47 Å². The lowest BCUT2D eigenvalue weighted by Crippen LogP contribution is -2.17. The Morgan fingerprint density at radius 1 is 1.00 bits per heavy atom. The molecule has 7 heteroatoms. The maximum atomic E-state index is 12.9. The van der Waals surface area contributed by atoms with Gasteiger partial charge in [-0.1, -0.05) is 17.3 Å². The standard InChI is InChI=1S/C19H20FN3O3/c1-23(11-14-3-5-15(20)6-4-14)12-19-21-18(22-26-19)13-25-17-9-7-16(24-2)8-10-17/h3-10H,11-13H2,1-2H3. The maximum absolute atomic E-state index is 12.9. The van der Waals surface area contributed by atoms with Crippen LogP contribution in [0.15, 0.2) is 53.1 Å². The molecular formula is C19H20FN3O3. The van der Waals surface area contributed by atoms with Crippen LogP contribution in [-0.2, 0) is 19.7 Å². The molecule has 0 aliphatic rings. The molecule has 0 bridgehead atoms. The number of methoxy groups -OCH3 is 1. The Hall–Kier alpha value is -2.93. The zero-order valence-corrected chi connectivity index (χ0v) is 14.7. The molecule has 0 saturated carbocycles. The van der Waals surface area contributed by atoms with E-state index in [4.69, 9.17) is 14.0 Å². The summed E-state index contributed by atoms with van der Waals surface area (Å²) in [6.07, 6.45) is 0. The summed E-state index contributed by atoms with van der Waals surface area (Å²) in [7, 11) is 3.55. The van der Waals surface area contributed by atoms with Crippen molar-refractivity contribution in [3.05, 3.63) is 71.6 Å². The number of hydrogen-bond donors (Lipinski definition) is 0. The van der Waals surface area contributed by atoms with Gasteiger partial charge >= 0.3 is 0 Å². The van der Waals surface area contributed by atoms with Gasteiger partial charge in [-0.15, -0.1) is 0 Å². The Kier molecular flexibility index (Phi) is 5.80. The molecule has 26 heavy (non-hydrogen) atoms. The van der Waals surface area contributed by atoms with E-state index in [1.54, 1.807) is 19.2 Å². The Morgan fingerprint density at radius 3 is 2.38 bits per heavy atom. The summed E-state index contributed by atoms with van der Waals surface area (Å²) < 4.78 is 28.9. The summed E-state index contributed by atoms with van der Waals surface area (Å²) in [6, 6.07) is 13.7. The molecule has 3 rings (SSSR count). The highest BCUT2D eigenvalue weighted by Crippen LogP contribution is 2.18. The third-order valence-electron chi connectivity index (χ3n) is 3.71. The summed E-state index contributed by atoms with van der Waals surface area (Å²) in [6.45, 7) is 1.37. The van der Waals surface area contributed by atoms with E-state index in [0.717, 1.165) is 11.3 Å². The number of benzene rings is 2. The van der Waals surface area contributed by atoms with Gasteiger partial charge in [0, 0.05) is 6.54 Å². The van der Waals surface area contributed by atoms with Gasteiger partial charge < -0.3 is 14.0 Å². The van der Waals surface area contributed by atoms with Gasteiger partial charge in [-0.3, -0.25) is 4.90 Å². The van der Waals surface area contributed by atoms with E-state index < -0.39 is 0 Å². The average Bonchev–Trinajstić information content (AvgIpc) is 3.09. The van der Waals surface area contributed by atoms with Crippen molar-refractivity contribution in [1.82, 2.24) is 15.0 Å². The minimum Gasteiger partial charge on any atom is -0.497 e. The predicted molar refractivity (Wildman–Crippen MR) is 93.2 cm³/mol. The molecule has 0 radical (unpaired) electrons. The van der Waals surface area contributed by atoms with Crippen LogP contribution in [0.3, 0.4) is 0 Å². The van der Waals surface area contributed by atoms with Crippen molar-refractivity contribution in [2.24, 2.45) is 0 Å². The second kappa shape index (κ2) is 8.44. The van der Waals surface area contributed by atoms with E-state index in [9.17, 15) is 4.39 Å². The smallest absolute Gasteiger partial charge is 0.240 e. The average molecular weight is 357 g/mol. The molecule has 0 aliphatic carbocycles. The second-order valence-electron chi connectivity index (χ2n) is 5.87. The van der Waals surface area contributed by atoms with Crippen LogP contribution in [0.25, 0.3) is 0 Å². The van der Waals surface area contributed by atoms with Crippen molar-refractivity contribution in [2.75, 3.05) is 14.2 Å². The number of halogens is 1. The van der Waals surface area contributed by atoms with Gasteiger partial charge in [0.1, 0.15) is 17.3 Å². The Morgan fingerprint density at radius 2 is 1.69 bits per heavy atom. The quantitative estimate of drug-likeness (QED) is 0.616. The molecule has 1 heterocycles. The summed E-state index contributed by atoms with van der Waals surface area (Å²) in [4.78, 5) is 6.33. The van der Waals surface area contributed by atoms with Gasteiger partial charge in [-0.25, -0.2) is 4.39 Å². The molecule has 1 aromatic heterocycles. The minimum absolute atomic E-state index is 0.220. The number of nitrogens with zero attached hydrogens (tertiary/aromatic N) is 3. The Labute approximate surface area is 151 Å².